The molecule has 0 spiro atoms. The lowest BCUT2D eigenvalue weighted by Crippen LogP contribution is -2.26. The fourth-order valence-corrected chi connectivity index (χ4v) is 3.48. The molecule has 0 bridgehead atoms. The van der Waals surface area contributed by atoms with Gasteiger partial charge < -0.3 is 5.32 Å². The molecule has 16 heavy (non-hydrogen) atoms. The predicted molar refractivity (Wildman–Crippen MR) is 72.6 cm³/mol. The molecule has 1 nitrogen and oxygen atoms in total. The van der Waals surface area contributed by atoms with E-state index in [1.54, 1.807) is 11.3 Å². The van der Waals surface area contributed by atoms with Gasteiger partial charge in [-0.3, -0.25) is 0 Å². The molecule has 0 amide bonds. The molecular weight excluding hydrogens is 261 g/mol. The van der Waals surface area contributed by atoms with Crippen LogP contribution in [0.25, 0.3) is 0 Å². The average Bonchev–Trinajstić information content (AvgIpc) is 2.67. The van der Waals surface area contributed by atoms with Crippen molar-refractivity contribution >= 4 is 34.5 Å². The van der Waals surface area contributed by atoms with Crippen molar-refractivity contribution in [3.63, 3.8) is 0 Å². The summed E-state index contributed by atoms with van der Waals surface area (Å²) in [6.07, 6.45) is 4.90. The normalized spacial score (nSPS) is 25.9. The Morgan fingerprint density at radius 2 is 2.00 bits per heavy atom. The molecule has 1 fully saturated rings. The minimum atomic E-state index is 0.423. The van der Waals surface area contributed by atoms with Gasteiger partial charge in [-0.25, -0.2) is 0 Å². The zero-order valence-corrected chi connectivity index (χ0v) is 11.5. The topological polar surface area (TPSA) is 12.0 Å². The summed E-state index contributed by atoms with van der Waals surface area (Å²) in [5.41, 5.74) is 0. The summed E-state index contributed by atoms with van der Waals surface area (Å²) in [5.74, 6) is 0.811. The van der Waals surface area contributed by atoms with Crippen molar-refractivity contribution < 1.29 is 0 Å². The molecule has 1 N–H and O–H groups in total. The number of thiophene rings is 1. The fraction of sp³-hybridized carbons (Fsp3) is 0.667. The van der Waals surface area contributed by atoms with Gasteiger partial charge in [0.05, 0.1) is 4.34 Å². The molecular formula is C12H17Cl2NS. The van der Waals surface area contributed by atoms with Gasteiger partial charge in [-0.1, -0.05) is 11.6 Å². The summed E-state index contributed by atoms with van der Waals surface area (Å²) in [6, 6.07) is 4.05. The van der Waals surface area contributed by atoms with E-state index < -0.39 is 0 Å². The van der Waals surface area contributed by atoms with Crippen LogP contribution in [0.3, 0.4) is 0 Å². The second-order valence-electron chi connectivity index (χ2n) is 4.45. The lowest BCUT2D eigenvalue weighted by atomic mass is 9.89. The van der Waals surface area contributed by atoms with E-state index in [0.29, 0.717) is 5.38 Å². The molecule has 0 radical (unpaired) electrons. The minimum Gasteiger partial charge on any atom is -0.312 e. The summed E-state index contributed by atoms with van der Waals surface area (Å²) < 4.78 is 0.874. The van der Waals surface area contributed by atoms with Gasteiger partial charge in [-0.05, 0) is 50.3 Å². The molecule has 1 aliphatic rings. The van der Waals surface area contributed by atoms with Crippen molar-refractivity contribution in [2.75, 3.05) is 6.54 Å². The molecule has 4 heteroatoms. The molecule has 0 aliphatic heterocycles. The van der Waals surface area contributed by atoms with E-state index in [2.05, 4.69) is 11.4 Å². The number of hydrogen-bond acceptors (Lipinski definition) is 2. The third-order valence-corrected chi connectivity index (χ3v) is 4.80. The third kappa shape index (κ3) is 3.92. The van der Waals surface area contributed by atoms with Crippen LogP contribution in [-0.2, 0) is 6.54 Å². The Labute approximate surface area is 111 Å². The maximum atomic E-state index is 6.08. The molecule has 2 rings (SSSR count). The van der Waals surface area contributed by atoms with Gasteiger partial charge in [0.2, 0.25) is 0 Å². The molecule has 1 aromatic heterocycles. The first-order valence-electron chi connectivity index (χ1n) is 5.83. The van der Waals surface area contributed by atoms with E-state index in [1.165, 1.54) is 30.6 Å². The lowest BCUT2D eigenvalue weighted by Gasteiger charge is -2.25. The Balaban J connectivity index is 1.64. The first kappa shape index (κ1) is 12.7. The van der Waals surface area contributed by atoms with E-state index >= 15 is 0 Å². The number of nitrogens with one attached hydrogen (secondary N) is 1. The highest BCUT2D eigenvalue weighted by molar-refractivity contribution is 7.16. The molecule has 0 atom stereocenters. The molecule has 1 heterocycles. The molecule has 1 aromatic rings. The van der Waals surface area contributed by atoms with Crippen LogP contribution in [0.1, 0.15) is 30.6 Å². The van der Waals surface area contributed by atoms with E-state index in [-0.39, 0.29) is 0 Å². The van der Waals surface area contributed by atoms with E-state index in [9.17, 15) is 0 Å². The van der Waals surface area contributed by atoms with E-state index in [0.717, 1.165) is 23.3 Å². The van der Waals surface area contributed by atoms with Gasteiger partial charge in [-0.15, -0.1) is 22.9 Å². The Bertz CT molecular complexity index is 319. The van der Waals surface area contributed by atoms with Crippen molar-refractivity contribution in [3.8, 4) is 0 Å². The van der Waals surface area contributed by atoms with Gasteiger partial charge in [-0.2, -0.15) is 0 Å². The second-order valence-corrected chi connectivity index (χ2v) is 6.87. The second kappa shape index (κ2) is 6.25. The zero-order valence-electron chi connectivity index (χ0n) is 9.22. The largest absolute Gasteiger partial charge is 0.312 e. The van der Waals surface area contributed by atoms with Crippen molar-refractivity contribution in [1.29, 1.82) is 0 Å². The standard InChI is InChI=1S/C12H17Cl2NS/c13-10-3-1-9(2-4-10)7-15-8-11-5-6-12(14)16-11/h5-6,9-10,15H,1-4,7-8H2. The smallest absolute Gasteiger partial charge is 0.0931 e. The lowest BCUT2D eigenvalue weighted by molar-refractivity contribution is 0.346. The molecule has 90 valence electrons. The summed E-state index contributed by atoms with van der Waals surface area (Å²) >= 11 is 13.6. The van der Waals surface area contributed by atoms with Crippen LogP contribution in [0.15, 0.2) is 12.1 Å². The monoisotopic (exact) mass is 277 g/mol. The van der Waals surface area contributed by atoms with Crippen LogP contribution in [0, 0.1) is 5.92 Å². The summed E-state index contributed by atoms with van der Waals surface area (Å²) in [4.78, 5) is 1.32. The molecule has 1 saturated carbocycles. The van der Waals surface area contributed by atoms with Crippen LogP contribution in [0.4, 0.5) is 0 Å². The molecule has 0 saturated heterocycles. The van der Waals surface area contributed by atoms with Gasteiger partial charge in [0.1, 0.15) is 0 Å². The maximum absolute atomic E-state index is 6.08. The quantitative estimate of drug-likeness (QED) is 0.810. The van der Waals surface area contributed by atoms with Crippen LogP contribution in [-0.4, -0.2) is 11.9 Å². The van der Waals surface area contributed by atoms with Crippen LogP contribution in [0.2, 0.25) is 4.34 Å². The Morgan fingerprint density at radius 3 is 2.62 bits per heavy atom. The summed E-state index contributed by atoms with van der Waals surface area (Å²) in [6.45, 7) is 2.05. The predicted octanol–water partition coefficient (Wildman–Crippen LogP) is 4.29. The van der Waals surface area contributed by atoms with E-state index in [4.69, 9.17) is 23.2 Å². The highest BCUT2D eigenvalue weighted by Crippen LogP contribution is 2.27. The molecule has 1 aliphatic carbocycles. The van der Waals surface area contributed by atoms with Gasteiger partial charge in [0.15, 0.2) is 0 Å². The highest BCUT2D eigenvalue weighted by Gasteiger charge is 2.18. The molecule has 0 aromatic carbocycles. The van der Waals surface area contributed by atoms with Crippen molar-refractivity contribution in [2.45, 2.75) is 37.6 Å². The van der Waals surface area contributed by atoms with Gasteiger partial charge in [0.25, 0.3) is 0 Å². The van der Waals surface area contributed by atoms with Crippen molar-refractivity contribution in [2.24, 2.45) is 5.92 Å². The number of rotatable bonds is 4. The Hall–Kier alpha value is 0.240. The highest BCUT2D eigenvalue weighted by atomic mass is 35.5. The van der Waals surface area contributed by atoms with Crippen LogP contribution in [0.5, 0.6) is 0 Å². The maximum Gasteiger partial charge on any atom is 0.0931 e. The van der Waals surface area contributed by atoms with Gasteiger partial charge >= 0.3 is 0 Å². The van der Waals surface area contributed by atoms with Crippen LogP contribution < -0.4 is 5.32 Å². The van der Waals surface area contributed by atoms with E-state index in [1.807, 2.05) is 6.07 Å². The fourth-order valence-electron chi connectivity index (χ4n) is 2.17. The number of halogens is 2. The van der Waals surface area contributed by atoms with Crippen molar-refractivity contribution in [3.05, 3.63) is 21.3 Å². The zero-order chi connectivity index (χ0) is 11.4. The Morgan fingerprint density at radius 1 is 1.25 bits per heavy atom. The summed E-state index contributed by atoms with van der Waals surface area (Å²) in [5, 5.41) is 3.93. The Kier molecular flexibility index (Phi) is 4.96. The average molecular weight is 278 g/mol. The number of alkyl halides is 1. The minimum absolute atomic E-state index is 0.423. The molecule has 0 unspecified atom stereocenters. The third-order valence-electron chi connectivity index (χ3n) is 3.14. The first-order valence-corrected chi connectivity index (χ1v) is 7.46. The van der Waals surface area contributed by atoms with Crippen LogP contribution >= 0.6 is 34.5 Å². The summed E-state index contributed by atoms with van der Waals surface area (Å²) in [7, 11) is 0. The first-order chi connectivity index (χ1) is 7.74. The van der Waals surface area contributed by atoms with Gasteiger partial charge in [0, 0.05) is 16.8 Å². The SMILES string of the molecule is Clc1ccc(CNCC2CCC(Cl)CC2)s1. The van der Waals surface area contributed by atoms with Crippen molar-refractivity contribution in [1.82, 2.24) is 5.32 Å². The number of hydrogen-bond donors (Lipinski definition) is 1.